The Morgan fingerprint density at radius 3 is 2.55 bits per heavy atom. The van der Waals surface area contributed by atoms with Crippen molar-refractivity contribution in [2.45, 2.75) is 51.6 Å². The van der Waals surface area contributed by atoms with E-state index in [4.69, 9.17) is 10.00 Å². The van der Waals surface area contributed by atoms with Crippen LogP contribution in [-0.2, 0) is 11.2 Å². The number of rotatable bonds is 5. The molecular formula is C19H23NO2. The van der Waals surface area contributed by atoms with Crippen molar-refractivity contribution in [1.82, 2.24) is 0 Å². The summed E-state index contributed by atoms with van der Waals surface area (Å²) < 4.78 is 5.60. The Morgan fingerprint density at radius 2 is 1.95 bits per heavy atom. The van der Waals surface area contributed by atoms with E-state index in [1.807, 2.05) is 36.4 Å². The number of nitriles is 1. The van der Waals surface area contributed by atoms with E-state index in [2.05, 4.69) is 6.92 Å². The molecule has 1 aromatic rings. The molecule has 2 rings (SSSR count). The molecule has 0 spiro atoms. The van der Waals surface area contributed by atoms with Crippen molar-refractivity contribution in [2.24, 2.45) is 5.92 Å². The molecule has 0 N–H and O–H groups in total. The van der Waals surface area contributed by atoms with Gasteiger partial charge in [-0.3, -0.25) is 0 Å². The molecule has 0 bridgehead atoms. The van der Waals surface area contributed by atoms with Gasteiger partial charge in [0.25, 0.3) is 0 Å². The Morgan fingerprint density at radius 1 is 1.27 bits per heavy atom. The van der Waals surface area contributed by atoms with Crippen molar-refractivity contribution < 1.29 is 9.53 Å². The van der Waals surface area contributed by atoms with E-state index in [9.17, 15) is 4.79 Å². The summed E-state index contributed by atoms with van der Waals surface area (Å²) in [5.41, 5.74) is 1.88. The summed E-state index contributed by atoms with van der Waals surface area (Å²) in [4.78, 5) is 12.2. The lowest BCUT2D eigenvalue weighted by Crippen LogP contribution is -2.24. The Labute approximate surface area is 132 Å². The van der Waals surface area contributed by atoms with Gasteiger partial charge < -0.3 is 4.74 Å². The van der Waals surface area contributed by atoms with E-state index in [1.165, 1.54) is 5.56 Å². The molecule has 0 aromatic heterocycles. The number of nitrogens with zero attached hydrogens (tertiary/aromatic N) is 1. The van der Waals surface area contributed by atoms with E-state index in [0.717, 1.165) is 38.5 Å². The monoisotopic (exact) mass is 297 g/mol. The maximum atomic E-state index is 12.2. The van der Waals surface area contributed by atoms with E-state index < -0.39 is 0 Å². The minimum Gasteiger partial charge on any atom is -0.459 e. The molecule has 0 radical (unpaired) electrons. The zero-order chi connectivity index (χ0) is 15.8. The van der Waals surface area contributed by atoms with Crippen LogP contribution in [0.2, 0.25) is 0 Å². The van der Waals surface area contributed by atoms with Crippen molar-refractivity contribution in [3.05, 3.63) is 47.5 Å². The normalized spacial score (nSPS) is 21.5. The molecule has 0 amide bonds. The number of ether oxygens (including phenoxy) is 1. The minimum absolute atomic E-state index is 0.00885. The molecule has 1 saturated carbocycles. The SMILES string of the molecule is CCCc1ccc(C(=O)O[C@H]2CC[C@H](/C=C/C#N)CC2)cc1. The first-order chi connectivity index (χ1) is 10.7. The second-order valence-electron chi connectivity index (χ2n) is 5.88. The third kappa shape index (κ3) is 4.73. The molecule has 0 heterocycles. The zero-order valence-electron chi connectivity index (χ0n) is 13.1. The Kier molecular flexibility index (Phi) is 6.21. The van der Waals surface area contributed by atoms with Crippen LogP contribution in [0.1, 0.15) is 54.9 Å². The molecule has 0 atom stereocenters. The standard InChI is InChI=1S/C19H23NO2/c1-2-4-15-6-10-17(11-7-15)19(21)22-18-12-8-16(9-13-18)5-3-14-20/h3,5-7,10-11,16,18H,2,4,8-9,12-13H2,1H3/b5-3+/t16-,18-. The van der Waals surface area contributed by atoms with Gasteiger partial charge in [-0.1, -0.05) is 31.6 Å². The van der Waals surface area contributed by atoms with Crippen molar-refractivity contribution in [1.29, 1.82) is 5.26 Å². The molecule has 1 fully saturated rings. The van der Waals surface area contributed by atoms with Gasteiger partial charge in [0.15, 0.2) is 0 Å². The number of carbonyl (C=O) groups excluding carboxylic acids is 1. The van der Waals surface area contributed by atoms with Gasteiger partial charge in [0.2, 0.25) is 0 Å². The summed E-state index contributed by atoms with van der Waals surface area (Å²) in [7, 11) is 0. The summed E-state index contributed by atoms with van der Waals surface area (Å²) in [6.07, 6.45) is 9.37. The van der Waals surface area contributed by atoms with Gasteiger partial charge in [0, 0.05) is 6.08 Å². The zero-order valence-corrected chi connectivity index (χ0v) is 13.1. The van der Waals surface area contributed by atoms with Crippen LogP contribution in [0, 0.1) is 17.2 Å². The second-order valence-corrected chi connectivity index (χ2v) is 5.88. The van der Waals surface area contributed by atoms with E-state index in [-0.39, 0.29) is 12.1 Å². The maximum absolute atomic E-state index is 12.2. The predicted octanol–water partition coefficient (Wildman–Crippen LogP) is 4.43. The summed E-state index contributed by atoms with van der Waals surface area (Å²) >= 11 is 0. The van der Waals surface area contributed by atoms with Gasteiger partial charge >= 0.3 is 5.97 Å². The van der Waals surface area contributed by atoms with Gasteiger partial charge in [0.1, 0.15) is 6.10 Å². The molecule has 3 nitrogen and oxygen atoms in total. The summed E-state index contributed by atoms with van der Waals surface area (Å²) in [5.74, 6) is 0.224. The molecule has 0 unspecified atom stereocenters. The summed E-state index contributed by atoms with van der Waals surface area (Å²) in [6.45, 7) is 2.14. The van der Waals surface area contributed by atoms with E-state index in [1.54, 1.807) is 6.08 Å². The van der Waals surface area contributed by atoms with Crippen LogP contribution < -0.4 is 0 Å². The first-order valence-electron chi connectivity index (χ1n) is 8.09. The van der Waals surface area contributed by atoms with Crippen molar-refractivity contribution in [3.63, 3.8) is 0 Å². The second kappa shape index (κ2) is 8.38. The third-order valence-corrected chi connectivity index (χ3v) is 4.16. The molecular weight excluding hydrogens is 274 g/mol. The van der Waals surface area contributed by atoms with Crippen LogP contribution in [0.25, 0.3) is 0 Å². The van der Waals surface area contributed by atoms with E-state index >= 15 is 0 Å². The molecule has 1 aromatic carbocycles. The Hall–Kier alpha value is -2.08. The lowest BCUT2D eigenvalue weighted by molar-refractivity contribution is 0.0185. The average molecular weight is 297 g/mol. The number of carbonyl (C=O) groups is 1. The summed E-state index contributed by atoms with van der Waals surface area (Å²) in [6, 6.07) is 9.75. The maximum Gasteiger partial charge on any atom is 0.338 e. The van der Waals surface area contributed by atoms with Crippen LogP contribution in [0.3, 0.4) is 0 Å². The van der Waals surface area contributed by atoms with Crippen LogP contribution in [0.4, 0.5) is 0 Å². The van der Waals surface area contributed by atoms with Crippen LogP contribution >= 0.6 is 0 Å². The number of hydrogen-bond acceptors (Lipinski definition) is 3. The lowest BCUT2D eigenvalue weighted by Gasteiger charge is -2.26. The van der Waals surface area contributed by atoms with Crippen LogP contribution in [0.5, 0.6) is 0 Å². The minimum atomic E-state index is -0.223. The molecule has 22 heavy (non-hydrogen) atoms. The highest BCUT2D eigenvalue weighted by Gasteiger charge is 2.23. The van der Waals surface area contributed by atoms with Crippen LogP contribution in [-0.4, -0.2) is 12.1 Å². The Bertz CT molecular complexity index is 546. The van der Waals surface area contributed by atoms with Gasteiger partial charge in [-0.15, -0.1) is 0 Å². The van der Waals surface area contributed by atoms with Gasteiger partial charge in [-0.25, -0.2) is 4.79 Å². The largest absolute Gasteiger partial charge is 0.459 e. The highest BCUT2D eigenvalue weighted by atomic mass is 16.5. The fourth-order valence-electron chi connectivity index (χ4n) is 2.89. The number of aryl methyl sites for hydroxylation is 1. The Balaban J connectivity index is 1.83. The van der Waals surface area contributed by atoms with E-state index in [0.29, 0.717) is 11.5 Å². The van der Waals surface area contributed by atoms with Gasteiger partial charge in [-0.05, 0) is 55.7 Å². The number of allylic oxidation sites excluding steroid dienone is 2. The van der Waals surface area contributed by atoms with Crippen molar-refractivity contribution in [3.8, 4) is 6.07 Å². The molecule has 0 saturated heterocycles. The van der Waals surface area contributed by atoms with Gasteiger partial charge in [-0.2, -0.15) is 5.26 Å². The topological polar surface area (TPSA) is 50.1 Å². The molecule has 1 aliphatic carbocycles. The summed E-state index contributed by atoms with van der Waals surface area (Å²) in [5, 5.41) is 8.54. The quantitative estimate of drug-likeness (QED) is 0.596. The highest BCUT2D eigenvalue weighted by Crippen LogP contribution is 2.27. The average Bonchev–Trinajstić information content (AvgIpc) is 2.55. The first-order valence-corrected chi connectivity index (χ1v) is 8.09. The number of benzene rings is 1. The highest BCUT2D eigenvalue weighted by molar-refractivity contribution is 5.89. The third-order valence-electron chi connectivity index (χ3n) is 4.16. The van der Waals surface area contributed by atoms with Crippen LogP contribution in [0.15, 0.2) is 36.4 Å². The first kappa shape index (κ1) is 16.3. The van der Waals surface area contributed by atoms with Gasteiger partial charge in [0.05, 0.1) is 11.6 Å². The molecule has 0 aliphatic heterocycles. The predicted molar refractivity (Wildman–Crippen MR) is 86.4 cm³/mol. The molecule has 3 heteroatoms. The lowest BCUT2D eigenvalue weighted by atomic mass is 9.87. The van der Waals surface area contributed by atoms with Crippen molar-refractivity contribution >= 4 is 5.97 Å². The van der Waals surface area contributed by atoms with Crippen molar-refractivity contribution in [2.75, 3.05) is 0 Å². The fourth-order valence-corrected chi connectivity index (χ4v) is 2.89. The number of esters is 1. The number of hydrogen-bond donors (Lipinski definition) is 0. The fraction of sp³-hybridized carbons (Fsp3) is 0.474. The smallest absolute Gasteiger partial charge is 0.338 e. The molecule has 1 aliphatic rings. The molecule has 116 valence electrons.